The van der Waals surface area contributed by atoms with Gasteiger partial charge in [0.1, 0.15) is 0 Å². The number of ether oxygens (including phenoxy) is 2. The first-order valence-electron chi connectivity index (χ1n) is 9.11. The predicted octanol–water partition coefficient (Wildman–Crippen LogP) is 4.73. The summed E-state index contributed by atoms with van der Waals surface area (Å²) in [4.78, 5) is 12.9. The van der Waals surface area contributed by atoms with Crippen LogP contribution in [0.4, 0.5) is 8.78 Å². The van der Waals surface area contributed by atoms with Gasteiger partial charge < -0.3 is 14.8 Å². The summed E-state index contributed by atoms with van der Waals surface area (Å²) >= 11 is 6.09. The third kappa shape index (κ3) is 4.38. The van der Waals surface area contributed by atoms with Gasteiger partial charge in [0.05, 0.1) is 12.5 Å². The first-order chi connectivity index (χ1) is 13.4. The number of alkyl halides is 2. The Hall–Kier alpha value is -2.34. The van der Waals surface area contributed by atoms with Crippen LogP contribution in [0, 0.1) is 0 Å². The van der Waals surface area contributed by atoms with Crippen molar-refractivity contribution in [2.45, 2.75) is 37.7 Å². The highest BCUT2D eigenvalue weighted by molar-refractivity contribution is 6.30. The molecule has 0 spiro atoms. The van der Waals surface area contributed by atoms with Crippen LogP contribution in [0.5, 0.6) is 11.5 Å². The molecule has 1 saturated carbocycles. The van der Waals surface area contributed by atoms with Crippen molar-refractivity contribution in [3.63, 3.8) is 0 Å². The van der Waals surface area contributed by atoms with Crippen molar-refractivity contribution >= 4 is 17.5 Å². The van der Waals surface area contributed by atoms with Crippen molar-refractivity contribution in [1.29, 1.82) is 0 Å². The number of hydrogen-bond donors (Lipinski definition) is 1. The molecule has 1 fully saturated rings. The lowest BCUT2D eigenvalue weighted by atomic mass is 9.64. The molecule has 2 aromatic rings. The monoisotopic (exact) mass is 409 g/mol. The highest BCUT2D eigenvalue weighted by atomic mass is 35.5. The number of benzene rings is 2. The quantitative estimate of drug-likeness (QED) is 0.685. The molecule has 0 aromatic heterocycles. The summed E-state index contributed by atoms with van der Waals surface area (Å²) in [6, 6.07) is 12.3. The molecule has 28 heavy (non-hydrogen) atoms. The van der Waals surface area contributed by atoms with Gasteiger partial charge in [-0.1, -0.05) is 36.2 Å². The van der Waals surface area contributed by atoms with Gasteiger partial charge >= 0.3 is 6.61 Å². The molecule has 1 N–H and O–H groups in total. The molecule has 150 valence electrons. The number of amides is 1. The normalized spacial score (nSPS) is 15.0. The largest absolute Gasteiger partial charge is 0.493 e. The molecular formula is C21H22ClF2NO3. The minimum absolute atomic E-state index is 0.0179. The van der Waals surface area contributed by atoms with E-state index in [-0.39, 0.29) is 17.4 Å². The highest BCUT2D eigenvalue weighted by Gasteiger charge is 2.45. The third-order valence-corrected chi connectivity index (χ3v) is 5.40. The van der Waals surface area contributed by atoms with Crippen LogP contribution in [-0.4, -0.2) is 26.2 Å². The smallest absolute Gasteiger partial charge is 0.387 e. The summed E-state index contributed by atoms with van der Waals surface area (Å²) in [5.41, 5.74) is 1.16. The molecular weight excluding hydrogens is 388 g/mol. The molecule has 0 unspecified atom stereocenters. The Bertz CT molecular complexity index is 840. The van der Waals surface area contributed by atoms with Crippen LogP contribution in [0.25, 0.3) is 0 Å². The zero-order valence-electron chi connectivity index (χ0n) is 15.5. The number of hydrogen-bond acceptors (Lipinski definition) is 3. The van der Waals surface area contributed by atoms with E-state index >= 15 is 0 Å². The number of carbonyl (C=O) groups excluding carboxylic acids is 1. The number of nitrogens with one attached hydrogen (secondary N) is 1. The van der Waals surface area contributed by atoms with Crippen molar-refractivity contribution in [2.75, 3.05) is 13.7 Å². The van der Waals surface area contributed by atoms with E-state index in [1.165, 1.54) is 13.2 Å². The summed E-state index contributed by atoms with van der Waals surface area (Å²) < 4.78 is 34.6. The summed E-state index contributed by atoms with van der Waals surface area (Å²) in [7, 11) is 1.39. The molecule has 0 bridgehead atoms. The van der Waals surface area contributed by atoms with Crippen molar-refractivity contribution < 1.29 is 23.0 Å². The number of halogens is 3. The number of methoxy groups -OCH3 is 1. The lowest BCUT2D eigenvalue weighted by Gasteiger charge is -2.40. The minimum atomic E-state index is -2.93. The second-order valence-corrected chi connectivity index (χ2v) is 7.25. The average Bonchev–Trinajstić information content (AvgIpc) is 2.61. The topological polar surface area (TPSA) is 47.6 Å². The van der Waals surface area contributed by atoms with Crippen LogP contribution in [-0.2, 0) is 16.6 Å². The maximum absolute atomic E-state index is 12.9. The summed E-state index contributed by atoms with van der Waals surface area (Å²) in [6.07, 6.45) is 3.05. The van der Waals surface area contributed by atoms with E-state index in [0.717, 1.165) is 30.4 Å². The van der Waals surface area contributed by atoms with E-state index in [0.29, 0.717) is 18.0 Å². The maximum atomic E-state index is 12.9. The van der Waals surface area contributed by atoms with Crippen molar-refractivity contribution in [3.8, 4) is 11.5 Å². The van der Waals surface area contributed by atoms with Crippen LogP contribution in [0.1, 0.15) is 30.4 Å². The van der Waals surface area contributed by atoms with Gasteiger partial charge in [-0.05, 0) is 54.7 Å². The molecule has 0 saturated heterocycles. The Morgan fingerprint density at radius 2 is 2.00 bits per heavy atom. The van der Waals surface area contributed by atoms with Crippen molar-refractivity contribution in [1.82, 2.24) is 5.32 Å². The summed E-state index contributed by atoms with van der Waals surface area (Å²) in [5, 5.41) is 3.59. The van der Waals surface area contributed by atoms with E-state index in [2.05, 4.69) is 10.1 Å². The first-order valence-corrected chi connectivity index (χ1v) is 9.48. The van der Waals surface area contributed by atoms with E-state index < -0.39 is 12.0 Å². The number of carbonyl (C=O) groups is 1. The van der Waals surface area contributed by atoms with Crippen molar-refractivity contribution in [2.24, 2.45) is 0 Å². The van der Waals surface area contributed by atoms with Crippen LogP contribution in [0.3, 0.4) is 0 Å². The van der Waals surface area contributed by atoms with Gasteiger partial charge in [-0.2, -0.15) is 8.78 Å². The average molecular weight is 410 g/mol. The molecule has 0 aliphatic heterocycles. The molecule has 2 aromatic carbocycles. The molecule has 3 rings (SSSR count). The van der Waals surface area contributed by atoms with Gasteiger partial charge in [-0.15, -0.1) is 0 Å². The fourth-order valence-corrected chi connectivity index (χ4v) is 3.71. The summed E-state index contributed by atoms with van der Waals surface area (Å²) in [6.45, 7) is -2.54. The standard InChI is InChI=1S/C21H22ClF2NO3/c1-27-17-7-6-14(12-18(17)28-20(23)24)8-11-25-19(26)21(9-3-10-21)15-4-2-5-16(22)13-15/h2,4-7,12-13,20H,3,8-11H2,1H3,(H,25,26). The van der Waals surface area contributed by atoms with Gasteiger partial charge in [-0.3, -0.25) is 4.79 Å². The van der Waals surface area contributed by atoms with Crippen LogP contribution in [0.15, 0.2) is 42.5 Å². The molecule has 0 atom stereocenters. The van der Waals surface area contributed by atoms with Crippen molar-refractivity contribution in [3.05, 3.63) is 58.6 Å². The molecule has 0 heterocycles. The summed E-state index contributed by atoms with van der Waals surface area (Å²) in [5.74, 6) is 0.191. The third-order valence-electron chi connectivity index (χ3n) is 5.16. The predicted molar refractivity (Wildman–Crippen MR) is 103 cm³/mol. The van der Waals surface area contributed by atoms with Crippen LogP contribution < -0.4 is 14.8 Å². The Labute approximate surface area is 167 Å². The molecule has 1 amide bonds. The SMILES string of the molecule is COc1ccc(CCNC(=O)C2(c3cccc(Cl)c3)CCC2)cc1OC(F)F. The van der Waals surface area contributed by atoms with E-state index in [4.69, 9.17) is 16.3 Å². The Balaban J connectivity index is 1.63. The Morgan fingerprint density at radius 1 is 1.21 bits per heavy atom. The second-order valence-electron chi connectivity index (χ2n) is 6.82. The van der Waals surface area contributed by atoms with Gasteiger partial charge in [-0.25, -0.2) is 0 Å². The molecule has 1 aliphatic rings. The minimum Gasteiger partial charge on any atom is -0.493 e. The molecule has 7 heteroatoms. The first kappa shape index (κ1) is 20.4. The Morgan fingerprint density at radius 3 is 2.61 bits per heavy atom. The van der Waals surface area contributed by atoms with E-state index in [1.807, 2.05) is 18.2 Å². The fourth-order valence-electron chi connectivity index (χ4n) is 3.52. The molecule has 0 radical (unpaired) electrons. The lowest BCUT2D eigenvalue weighted by molar-refractivity contribution is -0.129. The van der Waals surface area contributed by atoms with Gasteiger partial charge in [0.25, 0.3) is 0 Å². The van der Waals surface area contributed by atoms with E-state index in [9.17, 15) is 13.6 Å². The maximum Gasteiger partial charge on any atom is 0.387 e. The zero-order chi connectivity index (χ0) is 20.1. The molecule has 4 nitrogen and oxygen atoms in total. The number of rotatable bonds is 8. The van der Waals surface area contributed by atoms with Gasteiger partial charge in [0.15, 0.2) is 11.5 Å². The van der Waals surface area contributed by atoms with Crippen LogP contribution in [0.2, 0.25) is 5.02 Å². The highest BCUT2D eigenvalue weighted by Crippen LogP contribution is 2.44. The lowest BCUT2D eigenvalue weighted by Crippen LogP contribution is -2.49. The van der Waals surface area contributed by atoms with Gasteiger partial charge in [0, 0.05) is 11.6 Å². The van der Waals surface area contributed by atoms with Crippen LogP contribution >= 0.6 is 11.6 Å². The second kappa shape index (κ2) is 8.78. The fraction of sp³-hybridized carbons (Fsp3) is 0.381. The Kier molecular flexibility index (Phi) is 6.39. The van der Waals surface area contributed by atoms with Gasteiger partial charge in [0.2, 0.25) is 5.91 Å². The zero-order valence-corrected chi connectivity index (χ0v) is 16.3. The van der Waals surface area contributed by atoms with E-state index in [1.54, 1.807) is 18.2 Å². The molecule has 1 aliphatic carbocycles.